The van der Waals surface area contributed by atoms with E-state index in [0.29, 0.717) is 19.4 Å². The van der Waals surface area contributed by atoms with E-state index in [4.69, 9.17) is 14.2 Å². The largest absolute Gasteiger partial charge is 0.466 e. The van der Waals surface area contributed by atoms with Gasteiger partial charge in [0.25, 0.3) is 0 Å². The molecule has 412 valence electrons. The summed E-state index contributed by atoms with van der Waals surface area (Å²) in [6.07, 6.45) is 53.1. The summed E-state index contributed by atoms with van der Waals surface area (Å²) in [7, 11) is 0. The van der Waals surface area contributed by atoms with Crippen molar-refractivity contribution >= 4 is 11.9 Å². The van der Waals surface area contributed by atoms with E-state index in [1.165, 1.54) is 116 Å². The van der Waals surface area contributed by atoms with Crippen LogP contribution in [0.2, 0.25) is 0 Å². The number of unbranched alkanes of at least 4 members (excludes halogenated alkanes) is 28. The third-order valence-electron chi connectivity index (χ3n) is 13.4. The summed E-state index contributed by atoms with van der Waals surface area (Å²) in [6.45, 7) is 4.22. The molecule has 1 fully saturated rings. The molecule has 1 heterocycles. The van der Waals surface area contributed by atoms with Crippen molar-refractivity contribution in [1.82, 2.24) is 5.32 Å². The van der Waals surface area contributed by atoms with Crippen molar-refractivity contribution in [3.8, 4) is 0 Å². The number of ether oxygens (including phenoxy) is 3. The highest BCUT2D eigenvalue weighted by molar-refractivity contribution is 5.76. The molecule has 1 rings (SSSR count). The van der Waals surface area contributed by atoms with E-state index in [1.54, 1.807) is 6.08 Å². The summed E-state index contributed by atoms with van der Waals surface area (Å²) >= 11 is 0. The van der Waals surface area contributed by atoms with E-state index >= 15 is 0 Å². The lowest BCUT2D eigenvalue weighted by Crippen LogP contribution is -2.60. The van der Waals surface area contributed by atoms with E-state index in [2.05, 4.69) is 67.8 Å². The highest BCUT2D eigenvalue weighted by Gasteiger charge is 2.44. The van der Waals surface area contributed by atoms with E-state index in [0.717, 1.165) is 103 Å². The first kappa shape index (κ1) is 66.4. The monoisotopic (exact) mass is 1000 g/mol. The summed E-state index contributed by atoms with van der Waals surface area (Å²) < 4.78 is 16.6. The van der Waals surface area contributed by atoms with Crippen LogP contribution >= 0.6 is 0 Å². The molecule has 1 aliphatic heterocycles. The molecule has 0 aromatic heterocycles. The van der Waals surface area contributed by atoms with E-state index in [1.807, 2.05) is 6.08 Å². The summed E-state index contributed by atoms with van der Waals surface area (Å²) in [4.78, 5) is 25.0. The second kappa shape index (κ2) is 49.6. The van der Waals surface area contributed by atoms with E-state index < -0.39 is 49.5 Å². The summed E-state index contributed by atoms with van der Waals surface area (Å²) in [5, 5.41) is 54.2. The molecule has 7 unspecified atom stereocenters. The zero-order valence-electron chi connectivity index (χ0n) is 45.2. The minimum absolute atomic E-state index is 0.0438. The molecule has 11 nitrogen and oxygen atoms in total. The van der Waals surface area contributed by atoms with Gasteiger partial charge < -0.3 is 45.1 Å². The number of esters is 1. The highest BCUT2D eigenvalue weighted by atomic mass is 16.7. The van der Waals surface area contributed by atoms with Gasteiger partial charge in [-0.1, -0.05) is 203 Å². The van der Waals surface area contributed by atoms with Crippen molar-refractivity contribution in [1.29, 1.82) is 0 Å². The maximum Gasteiger partial charge on any atom is 0.305 e. The van der Waals surface area contributed by atoms with Gasteiger partial charge in [0.2, 0.25) is 5.91 Å². The van der Waals surface area contributed by atoms with Crippen molar-refractivity contribution < 1.29 is 49.3 Å². The number of allylic oxidation sites excluding steroid dienone is 9. The SMILES string of the molecule is CCCC/C=C\C/C=C\CCCCCCCC(=O)OCCCCC/C=C\C=C/CCCCCCCCCCCCC(=O)NC(COC1OC(CO)C(O)C(O)C1O)C(O)/C=C/CCCCCCCCCC. The number of aliphatic hydroxyl groups is 5. The molecule has 0 radical (unpaired) electrons. The minimum atomic E-state index is -1.58. The molecule has 0 aliphatic carbocycles. The molecule has 0 spiro atoms. The van der Waals surface area contributed by atoms with Crippen LogP contribution < -0.4 is 5.32 Å². The molecule has 0 aromatic rings. The zero-order valence-corrected chi connectivity index (χ0v) is 45.2. The number of hydrogen-bond donors (Lipinski definition) is 6. The van der Waals surface area contributed by atoms with Crippen molar-refractivity contribution in [3.63, 3.8) is 0 Å². The van der Waals surface area contributed by atoms with Crippen LogP contribution in [0.3, 0.4) is 0 Å². The normalized spacial score (nSPS) is 19.6. The fraction of sp³-hybridized carbons (Fsp3) is 0.800. The number of rotatable bonds is 49. The molecule has 71 heavy (non-hydrogen) atoms. The first-order chi connectivity index (χ1) is 34.7. The van der Waals surface area contributed by atoms with Crippen molar-refractivity contribution in [2.75, 3.05) is 19.8 Å². The topological polar surface area (TPSA) is 175 Å². The molecular formula is C60H107NO10. The van der Waals surface area contributed by atoms with Gasteiger partial charge in [0.05, 0.1) is 32.0 Å². The summed E-state index contributed by atoms with van der Waals surface area (Å²) in [5.41, 5.74) is 0. The number of hydrogen-bond acceptors (Lipinski definition) is 10. The number of nitrogens with one attached hydrogen (secondary N) is 1. The average molecular weight is 1000 g/mol. The molecular weight excluding hydrogens is 895 g/mol. The molecule has 1 saturated heterocycles. The van der Waals surface area contributed by atoms with Crippen LogP contribution in [-0.4, -0.2) is 100 Å². The quantitative estimate of drug-likeness (QED) is 0.0149. The van der Waals surface area contributed by atoms with Gasteiger partial charge in [-0.2, -0.15) is 0 Å². The lowest BCUT2D eigenvalue weighted by molar-refractivity contribution is -0.302. The number of aliphatic hydroxyl groups excluding tert-OH is 5. The van der Waals surface area contributed by atoms with Crippen LogP contribution in [0.15, 0.2) is 60.8 Å². The van der Waals surface area contributed by atoms with Crippen LogP contribution in [0.1, 0.15) is 245 Å². The van der Waals surface area contributed by atoms with Crippen LogP contribution in [0, 0.1) is 0 Å². The number of carbonyl (C=O) groups is 2. The Hall–Kier alpha value is -2.64. The fourth-order valence-electron chi connectivity index (χ4n) is 8.68. The summed E-state index contributed by atoms with van der Waals surface area (Å²) in [6, 6.07) is -0.818. The molecule has 1 aliphatic rings. The number of amides is 1. The van der Waals surface area contributed by atoms with Gasteiger partial charge in [-0.05, 0) is 89.9 Å². The third kappa shape index (κ3) is 39.5. The Labute approximate surface area is 433 Å². The van der Waals surface area contributed by atoms with Crippen molar-refractivity contribution in [2.24, 2.45) is 0 Å². The standard InChI is InChI=1S/C60H107NO10/c1-3-5-7-9-11-13-15-16-25-28-32-36-40-44-48-56(65)69-49-45-41-37-33-29-26-23-21-19-17-18-20-22-24-27-31-35-39-43-47-55(64)61-52(51-70-60-59(68)58(67)57(66)54(50-62)71-60)53(63)46-42-38-34-30-14-12-10-8-6-4-2/h9,11,15-16,21,23,26,29,42,46,52-54,57-60,62-63,66-68H,3-8,10,12-14,17-20,22,24-25,27-28,30-41,43-45,47-51H2,1-2H3,(H,61,64)/b11-9-,16-15-,23-21-,29-26-,46-42+. The molecule has 1 amide bonds. The van der Waals surface area contributed by atoms with Gasteiger partial charge in [0, 0.05) is 12.8 Å². The minimum Gasteiger partial charge on any atom is -0.466 e. The van der Waals surface area contributed by atoms with Crippen molar-refractivity contribution in [3.05, 3.63) is 60.8 Å². The van der Waals surface area contributed by atoms with Crippen LogP contribution in [0.25, 0.3) is 0 Å². The van der Waals surface area contributed by atoms with Crippen LogP contribution in [0.5, 0.6) is 0 Å². The van der Waals surface area contributed by atoms with E-state index in [-0.39, 0.29) is 18.5 Å². The maximum atomic E-state index is 13.0. The van der Waals surface area contributed by atoms with Gasteiger partial charge in [0.1, 0.15) is 24.4 Å². The Morgan fingerprint density at radius 3 is 1.55 bits per heavy atom. The zero-order chi connectivity index (χ0) is 51.7. The van der Waals surface area contributed by atoms with Gasteiger partial charge in [0.15, 0.2) is 6.29 Å². The fourth-order valence-corrected chi connectivity index (χ4v) is 8.68. The highest BCUT2D eigenvalue weighted by Crippen LogP contribution is 2.23. The van der Waals surface area contributed by atoms with Gasteiger partial charge in [-0.25, -0.2) is 0 Å². The molecule has 11 heteroatoms. The molecule has 0 aromatic carbocycles. The Kier molecular flexibility index (Phi) is 46.3. The second-order valence-corrected chi connectivity index (χ2v) is 20.0. The van der Waals surface area contributed by atoms with Crippen LogP contribution in [-0.2, 0) is 23.8 Å². The predicted molar refractivity (Wildman–Crippen MR) is 292 cm³/mol. The predicted octanol–water partition coefficient (Wildman–Crippen LogP) is 13.1. The molecule has 0 saturated carbocycles. The first-order valence-electron chi connectivity index (χ1n) is 29.1. The van der Waals surface area contributed by atoms with Crippen molar-refractivity contribution in [2.45, 2.75) is 288 Å². The molecule has 7 atom stereocenters. The van der Waals surface area contributed by atoms with Gasteiger partial charge in [-0.15, -0.1) is 0 Å². The summed E-state index contributed by atoms with van der Waals surface area (Å²) in [5.74, 6) is -0.239. The number of carbonyl (C=O) groups excluding carboxylic acids is 2. The Bertz CT molecular complexity index is 1360. The molecule has 0 bridgehead atoms. The lowest BCUT2D eigenvalue weighted by atomic mass is 9.99. The third-order valence-corrected chi connectivity index (χ3v) is 13.4. The Morgan fingerprint density at radius 1 is 0.535 bits per heavy atom. The van der Waals surface area contributed by atoms with E-state index in [9.17, 15) is 35.1 Å². The second-order valence-electron chi connectivity index (χ2n) is 20.0. The maximum absolute atomic E-state index is 13.0. The first-order valence-corrected chi connectivity index (χ1v) is 29.1. The Balaban J connectivity index is 2.09. The van der Waals surface area contributed by atoms with Crippen LogP contribution in [0.4, 0.5) is 0 Å². The Morgan fingerprint density at radius 2 is 1.00 bits per heavy atom. The van der Waals surface area contributed by atoms with Gasteiger partial charge in [-0.3, -0.25) is 9.59 Å². The lowest BCUT2D eigenvalue weighted by Gasteiger charge is -2.40. The molecule has 6 N–H and O–H groups in total. The van der Waals surface area contributed by atoms with Gasteiger partial charge >= 0.3 is 5.97 Å². The smallest absolute Gasteiger partial charge is 0.305 e. The average Bonchev–Trinajstić information content (AvgIpc) is 3.37.